The van der Waals surface area contributed by atoms with Crippen LogP contribution in [-0.2, 0) is 0 Å². The van der Waals surface area contributed by atoms with Gasteiger partial charge in [-0.3, -0.25) is 4.79 Å². The predicted octanol–water partition coefficient (Wildman–Crippen LogP) is 2.09. The van der Waals surface area contributed by atoms with Crippen LogP contribution in [0.5, 0.6) is 0 Å². The van der Waals surface area contributed by atoms with Gasteiger partial charge in [-0.15, -0.1) is 0 Å². The van der Waals surface area contributed by atoms with Gasteiger partial charge in [-0.2, -0.15) is 0 Å². The molecule has 0 aliphatic rings. The van der Waals surface area contributed by atoms with Crippen LogP contribution in [0.3, 0.4) is 0 Å². The van der Waals surface area contributed by atoms with Crippen molar-refractivity contribution in [3.63, 3.8) is 0 Å². The summed E-state index contributed by atoms with van der Waals surface area (Å²) in [4.78, 5) is 16.4. The maximum atomic E-state index is 13.3. The van der Waals surface area contributed by atoms with Crippen LogP contribution in [0.25, 0.3) is 0 Å². The van der Waals surface area contributed by atoms with E-state index in [9.17, 15) is 9.18 Å². The van der Waals surface area contributed by atoms with Crippen molar-refractivity contribution in [3.8, 4) is 11.8 Å². The normalized spacial score (nSPS) is 9.67. The molecule has 0 spiro atoms. The van der Waals surface area contributed by atoms with Crippen LogP contribution < -0.4 is 11.1 Å². The van der Waals surface area contributed by atoms with Gasteiger partial charge >= 0.3 is 0 Å². The van der Waals surface area contributed by atoms with E-state index in [1.807, 2.05) is 13.0 Å². The number of nitrogens with zero attached hydrogens (tertiary/aromatic N) is 1. The third-order valence-electron chi connectivity index (χ3n) is 2.68. The molecule has 4 nitrogen and oxygen atoms in total. The number of pyridine rings is 1. The molecule has 0 saturated carbocycles. The summed E-state index contributed by atoms with van der Waals surface area (Å²) in [5, 5.41) is 2.66. The lowest BCUT2D eigenvalue weighted by molar-refractivity contribution is 0.102. The monoisotopic (exact) mass is 283 g/mol. The topological polar surface area (TPSA) is 68.0 Å². The first-order valence-corrected chi connectivity index (χ1v) is 6.33. The van der Waals surface area contributed by atoms with Gasteiger partial charge in [0.25, 0.3) is 5.91 Å². The van der Waals surface area contributed by atoms with E-state index in [-0.39, 0.29) is 12.1 Å². The highest BCUT2D eigenvalue weighted by Gasteiger charge is 2.12. The molecule has 3 N–H and O–H groups in total. The fraction of sp³-hybridized carbons (Fsp3) is 0.125. The maximum absolute atomic E-state index is 13.3. The van der Waals surface area contributed by atoms with Gasteiger partial charge in [0, 0.05) is 11.3 Å². The van der Waals surface area contributed by atoms with Gasteiger partial charge in [-0.05, 0) is 37.3 Å². The minimum atomic E-state index is -0.457. The number of benzene rings is 1. The Balaban J connectivity index is 2.30. The van der Waals surface area contributed by atoms with Crippen LogP contribution in [0.4, 0.5) is 10.2 Å². The van der Waals surface area contributed by atoms with E-state index >= 15 is 0 Å². The molecule has 2 aromatic rings. The molecule has 0 unspecified atom stereocenters. The molecule has 2 rings (SSSR count). The number of carbonyl (C=O) groups is 1. The van der Waals surface area contributed by atoms with E-state index in [1.165, 1.54) is 18.2 Å². The summed E-state index contributed by atoms with van der Waals surface area (Å²) >= 11 is 0. The third-order valence-corrected chi connectivity index (χ3v) is 2.68. The number of hydrogen-bond donors (Lipinski definition) is 2. The molecule has 1 aromatic carbocycles. The molecule has 0 bridgehead atoms. The third kappa shape index (κ3) is 3.88. The Hall–Kier alpha value is -2.71. The first kappa shape index (κ1) is 14.7. The van der Waals surface area contributed by atoms with Crippen molar-refractivity contribution in [2.75, 3.05) is 11.9 Å². The number of aryl methyl sites for hydroxylation is 1. The molecule has 0 aliphatic carbocycles. The number of halogens is 1. The Morgan fingerprint density at radius 1 is 1.38 bits per heavy atom. The second-order valence-corrected chi connectivity index (χ2v) is 4.31. The molecule has 106 valence electrons. The number of rotatable bonds is 2. The molecular formula is C16H14FN3O. The van der Waals surface area contributed by atoms with E-state index in [2.05, 4.69) is 22.1 Å². The van der Waals surface area contributed by atoms with Crippen LogP contribution in [0, 0.1) is 24.6 Å². The lowest BCUT2D eigenvalue weighted by atomic mass is 10.1. The standard InChI is InChI=1S/C16H14FN3O/c1-11-4-2-6-15(19-11)20-16(21)14-8-7-13(17)10-12(14)5-3-9-18/h2,4,6-8,10H,9,18H2,1H3,(H,19,20,21). The van der Waals surface area contributed by atoms with Crippen molar-refractivity contribution in [2.45, 2.75) is 6.92 Å². The van der Waals surface area contributed by atoms with Crippen LogP contribution in [0.2, 0.25) is 0 Å². The van der Waals surface area contributed by atoms with Gasteiger partial charge in [-0.25, -0.2) is 9.37 Å². The predicted molar refractivity (Wildman–Crippen MR) is 79.3 cm³/mol. The first-order valence-electron chi connectivity index (χ1n) is 6.33. The van der Waals surface area contributed by atoms with Crippen LogP contribution in [0.15, 0.2) is 36.4 Å². The highest BCUT2D eigenvalue weighted by Crippen LogP contribution is 2.13. The Kier molecular flexibility index (Phi) is 4.64. The highest BCUT2D eigenvalue weighted by atomic mass is 19.1. The summed E-state index contributed by atoms with van der Waals surface area (Å²) in [6.07, 6.45) is 0. The number of carbonyl (C=O) groups excluding carboxylic acids is 1. The Bertz CT molecular complexity index is 732. The summed E-state index contributed by atoms with van der Waals surface area (Å²) in [5.74, 6) is 4.89. The zero-order chi connectivity index (χ0) is 15.2. The average molecular weight is 283 g/mol. The Morgan fingerprint density at radius 2 is 2.19 bits per heavy atom. The molecule has 1 amide bonds. The molecule has 5 heteroatoms. The zero-order valence-electron chi connectivity index (χ0n) is 11.5. The van der Waals surface area contributed by atoms with Gasteiger partial charge < -0.3 is 11.1 Å². The molecular weight excluding hydrogens is 269 g/mol. The van der Waals surface area contributed by atoms with Gasteiger partial charge in [0.05, 0.1) is 12.1 Å². The summed E-state index contributed by atoms with van der Waals surface area (Å²) in [7, 11) is 0. The summed E-state index contributed by atoms with van der Waals surface area (Å²) < 4.78 is 13.3. The molecule has 0 atom stereocenters. The number of aromatic nitrogens is 1. The van der Waals surface area contributed by atoms with Crippen LogP contribution in [0.1, 0.15) is 21.6 Å². The number of hydrogen-bond acceptors (Lipinski definition) is 3. The van der Waals surface area contributed by atoms with Gasteiger partial charge in [-0.1, -0.05) is 17.9 Å². The van der Waals surface area contributed by atoms with Crippen molar-refractivity contribution >= 4 is 11.7 Å². The highest BCUT2D eigenvalue weighted by molar-refractivity contribution is 6.05. The Morgan fingerprint density at radius 3 is 2.90 bits per heavy atom. The zero-order valence-corrected chi connectivity index (χ0v) is 11.5. The molecule has 1 heterocycles. The number of nitrogens with two attached hydrogens (primary N) is 1. The van der Waals surface area contributed by atoms with Crippen LogP contribution >= 0.6 is 0 Å². The second kappa shape index (κ2) is 6.64. The van der Waals surface area contributed by atoms with Gasteiger partial charge in [0.2, 0.25) is 0 Å². The lowest BCUT2D eigenvalue weighted by Gasteiger charge is -2.07. The van der Waals surface area contributed by atoms with Crippen molar-refractivity contribution in [3.05, 3.63) is 59.0 Å². The first-order chi connectivity index (χ1) is 10.1. The molecule has 0 radical (unpaired) electrons. The van der Waals surface area contributed by atoms with Gasteiger partial charge in [0.1, 0.15) is 11.6 Å². The maximum Gasteiger partial charge on any atom is 0.258 e. The largest absolute Gasteiger partial charge is 0.320 e. The van der Waals surface area contributed by atoms with Gasteiger partial charge in [0.15, 0.2) is 0 Å². The average Bonchev–Trinajstić information content (AvgIpc) is 2.45. The van der Waals surface area contributed by atoms with Crippen molar-refractivity contribution in [2.24, 2.45) is 5.73 Å². The van der Waals surface area contributed by atoms with Crippen molar-refractivity contribution in [1.82, 2.24) is 4.98 Å². The number of anilines is 1. The molecule has 0 aliphatic heterocycles. The van der Waals surface area contributed by atoms with E-state index < -0.39 is 11.7 Å². The summed E-state index contributed by atoms with van der Waals surface area (Å²) in [5.41, 5.74) is 6.67. The summed E-state index contributed by atoms with van der Waals surface area (Å²) in [6, 6.07) is 9.11. The second-order valence-electron chi connectivity index (χ2n) is 4.31. The number of nitrogens with one attached hydrogen (secondary N) is 1. The number of amides is 1. The van der Waals surface area contributed by atoms with E-state index in [4.69, 9.17) is 5.73 Å². The molecule has 21 heavy (non-hydrogen) atoms. The quantitative estimate of drug-likeness (QED) is 0.829. The van der Waals surface area contributed by atoms with Crippen LogP contribution in [-0.4, -0.2) is 17.4 Å². The molecule has 1 aromatic heterocycles. The minimum Gasteiger partial charge on any atom is -0.320 e. The van der Waals surface area contributed by atoms with Crippen molar-refractivity contribution < 1.29 is 9.18 Å². The Labute approximate surface area is 122 Å². The molecule has 0 fully saturated rings. The SMILES string of the molecule is Cc1cccc(NC(=O)c2ccc(F)cc2C#CCN)n1. The summed E-state index contributed by atoms with van der Waals surface area (Å²) in [6.45, 7) is 1.96. The van der Waals surface area contributed by atoms with E-state index in [0.29, 0.717) is 11.4 Å². The van der Waals surface area contributed by atoms with E-state index in [1.54, 1.807) is 12.1 Å². The van der Waals surface area contributed by atoms with Crippen molar-refractivity contribution in [1.29, 1.82) is 0 Å². The smallest absolute Gasteiger partial charge is 0.258 e. The fourth-order valence-corrected chi connectivity index (χ4v) is 1.76. The fourth-order valence-electron chi connectivity index (χ4n) is 1.76. The molecule has 0 saturated heterocycles. The lowest BCUT2D eigenvalue weighted by Crippen LogP contribution is -2.15. The van der Waals surface area contributed by atoms with E-state index in [0.717, 1.165) is 5.69 Å². The minimum absolute atomic E-state index is 0.136.